The Labute approximate surface area is 123 Å². The summed E-state index contributed by atoms with van der Waals surface area (Å²) in [4.78, 5) is 4.45. The fourth-order valence-electron chi connectivity index (χ4n) is 2.94. The van der Waals surface area contributed by atoms with Crippen molar-refractivity contribution in [3.8, 4) is 11.5 Å². The van der Waals surface area contributed by atoms with Crippen LogP contribution in [0.5, 0.6) is 0 Å². The van der Waals surface area contributed by atoms with Crippen LogP contribution in [0.4, 0.5) is 10.1 Å². The average molecular weight is 289 g/mol. The Morgan fingerprint density at radius 1 is 1.10 bits per heavy atom. The topological polar surface area (TPSA) is 64.9 Å². The smallest absolute Gasteiger partial charge is 0.260 e. The summed E-state index contributed by atoms with van der Waals surface area (Å²) in [7, 11) is 0. The van der Waals surface area contributed by atoms with Gasteiger partial charge in [-0.05, 0) is 31.0 Å². The second-order valence-electron chi connectivity index (χ2n) is 5.73. The summed E-state index contributed by atoms with van der Waals surface area (Å²) in [6, 6.07) is 4.18. The van der Waals surface area contributed by atoms with Gasteiger partial charge in [0.15, 0.2) is 5.82 Å². The van der Waals surface area contributed by atoms with Crippen molar-refractivity contribution in [3.63, 3.8) is 0 Å². The van der Waals surface area contributed by atoms with Crippen LogP contribution in [0, 0.1) is 5.82 Å². The fraction of sp³-hybridized carbons (Fsp3) is 0.500. The highest BCUT2D eigenvalue weighted by molar-refractivity contribution is 5.70. The third-order valence-corrected chi connectivity index (χ3v) is 4.16. The molecular formula is C16H20FN3O. The first-order chi connectivity index (χ1) is 10.2. The molecule has 4 nitrogen and oxygen atoms in total. The average Bonchev–Trinajstić information content (AvgIpc) is 2.90. The quantitative estimate of drug-likeness (QED) is 0.838. The number of nitrogens with zero attached hydrogens (tertiary/aromatic N) is 2. The molecule has 2 aromatic rings. The van der Waals surface area contributed by atoms with Gasteiger partial charge < -0.3 is 10.3 Å². The predicted octanol–water partition coefficient (Wildman–Crippen LogP) is 4.29. The van der Waals surface area contributed by atoms with Crippen molar-refractivity contribution in [3.05, 3.63) is 29.8 Å². The zero-order valence-corrected chi connectivity index (χ0v) is 12.0. The third-order valence-electron chi connectivity index (χ3n) is 4.16. The minimum absolute atomic E-state index is 0.309. The van der Waals surface area contributed by atoms with Gasteiger partial charge in [0.1, 0.15) is 5.82 Å². The number of nitrogen functional groups attached to an aromatic ring is 1. The maximum Gasteiger partial charge on any atom is 0.260 e. The van der Waals surface area contributed by atoms with Gasteiger partial charge in [-0.25, -0.2) is 4.39 Å². The minimum atomic E-state index is -0.357. The van der Waals surface area contributed by atoms with Crippen molar-refractivity contribution >= 4 is 5.69 Å². The van der Waals surface area contributed by atoms with Gasteiger partial charge in [0.2, 0.25) is 0 Å². The van der Waals surface area contributed by atoms with Crippen molar-refractivity contribution < 1.29 is 8.91 Å². The molecule has 112 valence electrons. The van der Waals surface area contributed by atoms with Gasteiger partial charge in [-0.15, -0.1) is 0 Å². The zero-order chi connectivity index (χ0) is 14.7. The molecule has 1 saturated carbocycles. The number of halogens is 1. The molecule has 5 heteroatoms. The Hall–Kier alpha value is -1.91. The summed E-state index contributed by atoms with van der Waals surface area (Å²) in [6.07, 6.45) is 8.47. The monoisotopic (exact) mass is 289 g/mol. The van der Waals surface area contributed by atoms with Crippen molar-refractivity contribution in [2.75, 3.05) is 5.73 Å². The number of hydrogen-bond donors (Lipinski definition) is 1. The van der Waals surface area contributed by atoms with Gasteiger partial charge in [-0.3, -0.25) is 0 Å². The van der Waals surface area contributed by atoms with Crippen LogP contribution in [-0.2, 0) is 0 Å². The van der Waals surface area contributed by atoms with E-state index in [1.807, 2.05) is 0 Å². The molecule has 0 aliphatic heterocycles. The van der Waals surface area contributed by atoms with Crippen LogP contribution in [0.1, 0.15) is 56.7 Å². The number of rotatable bonds is 2. The Balaban J connectivity index is 1.83. The molecule has 0 amide bonds. The number of aromatic nitrogens is 2. The van der Waals surface area contributed by atoms with Crippen LogP contribution in [0.2, 0.25) is 0 Å². The van der Waals surface area contributed by atoms with Crippen molar-refractivity contribution in [1.82, 2.24) is 10.1 Å². The van der Waals surface area contributed by atoms with E-state index in [0.717, 1.165) is 18.7 Å². The maximum absolute atomic E-state index is 13.3. The lowest BCUT2D eigenvalue weighted by atomic mass is 9.91. The van der Waals surface area contributed by atoms with Crippen LogP contribution in [-0.4, -0.2) is 10.1 Å². The molecule has 1 heterocycles. The molecule has 3 rings (SSSR count). The number of nitrogens with two attached hydrogens (primary N) is 1. The molecule has 0 bridgehead atoms. The van der Waals surface area contributed by atoms with Gasteiger partial charge in [-0.2, -0.15) is 4.98 Å². The second kappa shape index (κ2) is 6.24. The fourth-order valence-corrected chi connectivity index (χ4v) is 2.94. The number of benzene rings is 1. The largest absolute Gasteiger partial charge is 0.398 e. The van der Waals surface area contributed by atoms with Crippen LogP contribution in [0.15, 0.2) is 22.7 Å². The normalized spacial score (nSPS) is 17.4. The Bertz CT molecular complexity index is 603. The molecule has 2 N–H and O–H groups in total. The number of hydrogen-bond acceptors (Lipinski definition) is 4. The first-order valence-corrected chi connectivity index (χ1v) is 7.63. The molecule has 0 spiro atoms. The maximum atomic E-state index is 13.3. The van der Waals surface area contributed by atoms with E-state index in [2.05, 4.69) is 10.1 Å². The van der Waals surface area contributed by atoms with E-state index in [-0.39, 0.29) is 5.82 Å². The Morgan fingerprint density at radius 2 is 1.81 bits per heavy atom. The molecule has 1 aromatic heterocycles. The van der Waals surface area contributed by atoms with Crippen molar-refractivity contribution in [1.29, 1.82) is 0 Å². The van der Waals surface area contributed by atoms with E-state index < -0.39 is 0 Å². The molecule has 1 aromatic carbocycles. The highest BCUT2D eigenvalue weighted by Gasteiger charge is 2.20. The first-order valence-electron chi connectivity index (χ1n) is 7.63. The molecule has 0 atom stereocenters. The lowest BCUT2D eigenvalue weighted by molar-refractivity contribution is 0.393. The standard InChI is InChI=1S/C16H20FN3O/c17-12-8-9-14(18)13(10-12)16-19-15(20-21-16)11-6-4-2-1-3-5-7-11/h8-11H,1-7,18H2. The highest BCUT2D eigenvalue weighted by Crippen LogP contribution is 2.31. The van der Waals surface area contributed by atoms with E-state index in [9.17, 15) is 4.39 Å². The van der Waals surface area contributed by atoms with Crippen LogP contribution in [0.3, 0.4) is 0 Å². The third kappa shape index (κ3) is 3.23. The summed E-state index contributed by atoms with van der Waals surface area (Å²) in [5.74, 6) is 1.03. The van der Waals surface area contributed by atoms with Gasteiger partial charge >= 0.3 is 0 Å². The summed E-state index contributed by atoms with van der Waals surface area (Å²) in [5, 5.41) is 4.10. The van der Waals surface area contributed by atoms with Gasteiger partial charge in [0.05, 0.1) is 5.56 Å². The molecule has 0 unspecified atom stereocenters. The molecule has 0 saturated heterocycles. The summed E-state index contributed by atoms with van der Waals surface area (Å²) >= 11 is 0. The second-order valence-corrected chi connectivity index (χ2v) is 5.73. The van der Waals surface area contributed by atoms with E-state index in [4.69, 9.17) is 10.3 Å². The molecule has 0 radical (unpaired) electrons. The van der Waals surface area contributed by atoms with Crippen LogP contribution >= 0.6 is 0 Å². The zero-order valence-electron chi connectivity index (χ0n) is 12.0. The number of anilines is 1. The lowest BCUT2D eigenvalue weighted by Gasteiger charge is -2.15. The Morgan fingerprint density at radius 3 is 2.57 bits per heavy atom. The van der Waals surface area contributed by atoms with E-state index in [1.165, 1.54) is 50.3 Å². The summed E-state index contributed by atoms with van der Waals surface area (Å²) in [6.45, 7) is 0. The van der Waals surface area contributed by atoms with Gasteiger partial charge in [-0.1, -0.05) is 37.3 Å². The molecule has 1 aliphatic rings. The van der Waals surface area contributed by atoms with Gasteiger partial charge in [0.25, 0.3) is 5.89 Å². The van der Waals surface area contributed by atoms with Gasteiger partial charge in [0, 0.05) is 11.6 Å². The highest BCUT2D eigenvalue weighted by atomic mass is 19.1. The molecule has 21 heavy (non-hydrogen) atoms. The minimum Gasteiger partial charge on any atom is -0.398 e. The Kier molecular flexibility index (Phi) is 4.18. The molecule has 1 fully saturated rings. The first kappa shape index (κ1) is 14.0. The van der Waals surface area contributed by atoms with Crippen molar-refractivity contribution in [2.45, 2.75) is 50.9 Å². The van der Waals surface area contributed by atoms with Crippen LogP contribution < -0.4 is 5.73 Å². The van der Waals surface area contributed by atoms with E-state index in [0.29, 0.717) is 23.1 Å². The summed E-state index contributed by atoms with van der Waals surface area (Å²) in [5.41, 5.74) is 6.78. The van der Waals surface area contributed by atoms with Crippen molar-refractivity contribution in [2.24, 2.45) is 0 Å². The van der Waals surface area contributed by atoms with E-state index >= 15 is 0 Å². The molecule has 1 aliphatic carbocycles. The van der Waals surface area contributed by atoms with Crippen LogP contribution in [0.25, 0.3) is 11.5 Å². The summed E-state index contributed by atoms with van der Waals surface area (Å²) < 4.78 is 18.7. The van der Waals surface area contributed by atoms with E-state index in [1.54, 1.807) is 0 Å². The lowest BCUT2D eigenvalue weighted by Crippen LogP contribution is -2.04. The SMILES string of the molecule is Nc1ccc(F)cc1-c1nc(C2CCCCCCC2)no1. The predicted molar refractivity (Wildman–Crippen MR) is 79.2 cm³/mol. The molecular weight excluding hydrogens is 269 g/mol.